The first-order chi connectivity index (χ1) is 10.0. The van der Waals surface area contributed by atoms with Crippen LogP contribution in [0.25, 0.3) is 0 Å². The molecule has 2 saturated heterocycles. The smallest absolute Gasteiger partial charge is 0.300 e. The van der Waals surface area contributed by atoms with Crippen molar-refractivity contribution in [1.29, 1.82) is 0 Å². The third-order valence-corrected chi connectivity index (χ3v) is 4.45. The van der Waals surface area contributed by atoms with Crippen molar-refractivity contribution in [2.24, 2.45) is 0 Å². The largest absolute Gasteiger partial charge is 0.481 e. The van der Waals surface area contributed by atoms with E-state index in [2.05, 4.69) is 17.0 Å². The van der Waals surface area contributed by atoms with Crippen LogP contribution in [0.5, 0.6) is 0 Å². The molecule has 3 rings (SSSR count). The summed E-state index contributed by atoms with van der Waals surface area (Å²) in [6, 6.07) is 10.8. The van der Waals surface area contributed by atoms with Crippen LogP contribution in [0, 0.1) is 0 Å². The van der Waals surface area contributed by atoms with E-state index >= 15 is 0 Å². The van der Waals surface area contributed by atoms with Crippen LogP contribution in [0.15, 0.2) is 30.3 Å². The van der Waals surface area contributed by atoms with Gasteiger partial charge >= 0.3 is 0 Å². The first-order valence-corrected chi connectivity index (χ1v) is 7.73. The third kappa shape index (κ3) is 4.97. The summed E-state index contributed by atoms with van der Waals surface area (Å²) < 4.78 is 0. The fourth-order valence-corrected chi connectivity index (χ4v) is 3.42. The summed E-state index contributed by atoms with van der Waals surface area (Å²) in [5, 5.41) is 18.3. The van der Waals surface area contributed by atoms with Gasteiger partial charge in [-0.15, -0.1) is 12.4 Å². The van der Waals surface area contributed by atoms with Crippen molar-refractivity contribution in [3.05, 3.63) is 35.9 Å². The molecule has 0 saturated carbocycles. The lowest BCUT2D eigenvalue weighted by molar-refractivity contribution is -0.134. The maximum atomic E-state index is 10.9. The third-order valence-electron chi connectivity index (χ3n) is 4.45. The highest BCUT2D eigenvalue weighted by atomic mass is 35.5. The van der Waals surface area contributed by atoms with Crippen molar-refractivity contribution in [2.75, 3.05) is 13.1 Å². The number of rotatable bonds is 1. The summed E-state index contributed by atoms with van der Waals surface area (Å²) in [5.74, 6) is -0.833. The van der Waals surface area contributed by atoms with Gasteiger partial charge in [-0.25, -0.2) is 0 Å². The number of piperidine rings is 2. The Balaban J connectivity index is 0.000000436. The average molecular weight is 328 g/mol. The Morgan fingerprint density at radius 2 is 1.86 bits per heavy atom. The van der Waals surface area contributed by atoms with Crippen LogP contribution in [-0.2, 0) is 10.4 Å². The van der Waals surface area contributed by atoms with Crippen LogP contribution in [-0.4, -0.2) is 40.2 Å². The minimum absolute atomic E-state index is 0. The minimum atomic E-state index is -0.833. The Morgan fingerprint density at radius 1 is 1.23 bits per heavy atom. The van der Waals surface area contributed by atoms with Crippen molar-refractivity contribution >= 4 is 18.4 Å². The van der Waals surface area contributed by atoms with E-state index in [1.165, 1.54) is 25.8 Å². The Bertz CT molecular complexity index is 464. The van der Waals surface area contributed by atoms with Gasteiger partial charge in [0.1, 0.15) is 0 Å². The molecule has 0 aliphatic carbocycles. The van der Waals surface area contributed by atoms with Gasteiger partial charge in [-0.1, -0.05) is 36.8 Å². The van der Waals surface area contributed by atoms with Gasteiger partial charge in [0.2, 0.25) is 0 Å². The lowest BCUT2D eigenvalue weighted by atomic mass is 9.78. The molecule has 2 aliphatic rings. The summed E-state index contributed by atoms with van der Waals surface area (Å²) in [6.07, 6.45) is 5.71. The topological polar surface area (TPSA) is 60.8 Å². The second-order valence-electron chi connectivity index (χ2n) is 6.06. The minimum Gasteiger partial charge on any atom is -0.481 e. The summed E-state index contributed by atoms with van der Waals surface area (Å²) in [7, 11) is 0. The number of carbonyl (C=O) groups is 1. The van der Waals surface area contributed by atoms with E-state index in [4.69, 9.17) is 9.90 Å². The lowest BCUT2D eigenvalue weighted by Gasteiger charge is -2.46. The molecule has 124 valence electrons. The zero-order valence-electron chi connectivity index (χ0n) is 13.1. The first kappa shape index (κ1) is 18.9. The standard InChI is InChI=1S/C15H21NO.C2H4O2.ClH/c17-15(13-6-2-1-3-7-13)9-11-16-10-5-4-8-14(16)12-15;1-2(3)4;/h1-3,6-7,14,17H,4-5,8-12H2;1H3,(H,3,4);1H/t14-,15+;;/m1../s1. The van der Waals surface area contributed by atoms with Gasteiger partial charge in [0.05, 0.1) is 5.60 Å². The van der Waals surface area contributed by atoms with E-state index in [0.717, 1.165) is 31.9 Å². The molecule has 0 aromatic heterocycles. The molecule has 0 radical (unpaired) electrons. The molecule has 1 aromatic carbocycles. The molecule has 2 N–H and O–H groups in total. The molecule has 22 heavy (non-hydrogen) atoms. The molecule has 0 spiro atoms. The van der Waals surface area contributed by atoms with Gasteiger partial charge in [0.15, 0.2) is 0 Å². The number of fused-ring (bicyclic) bond motifs is 1. The summed E-state index contributed by atoms with van der Waals surface area (Å²) in [5.41, 5.74) is 0.518. The molecule has 2 heterocycles. The van der Waals surface area contributed by atoms with Gasteiger partial charge in [0.25, 0.3) is 5.97 Å². The number of hydrogen-bond acceptors (Lipinski definition) is 3. The molecule has 0 amide bonds. The molecule has 2 atom stereocenters. The van der Waals surface area contributed by atoms with Crippen LogP contribution in [0.2, 0.25) is 0 Å². The number of carboxylic acid groups (broad SMARTS) is 1. The summed E-state index contributed by atoms with van der Waals surface area (Å²) in [6.45, 7) is 3.37. The highest BCUT2D eigenvalue weighted by Gasteiger charge is 2.39. The number of benzene rings is 1. The first-order valence-electron chi connectivity index (χ1n) is 7.73. The van der Waals surface area contributed by atoms with E-state index in [-0.39, 0.29) is 12.4 Å². The zero-order chi connectivity index (χ0) is 15.3. The maximum absolute atomic E-state index is 10.9. The Labute approximate surface area is 138 Å². The number of carboxylic acids is 1. The molecule has 5 heteroatoms. The Morgan fingerprint density at radius 3 is 2.50 bits per heavy atom. The molecule has 0 unspecified atom stereocenters. The predicted octanol–water partition coefficient (Wildman–Crippen LogP) is 3.04. The highest BCUT2D eigenvalue weighted by Crippen LogP contribution is 2.38. The zero-order valence-corrected chi connectivity index (χ0v) is 13.9. The van der Waals surface area contributed by atoms with Crippen molar-refractivity contribution in [3.63, 3.8) is 0 Å². The molecular weight excluding hydrogens is 302 g/mol. The summed E-state index contributed by atoms with van der Waals surface area (Å²) in [4.78, 5) is 11.6. The quantitative estimate of drug-likeness (QED) is 0.832. The fourth-order valence-electron chi connectivity index (χ4n) is 3.42. The monoisotopic (exact) mass is 327 g/mol. The van der Waals surface area contributed by atoms with E-state index in [9.17, 15) is 5.11 Å². The lowest BCUT2D eigenvalue weighted by Crippen LogP contribution is -2.50. The van der Waals surface area contributed by atoms with Gasteiger partial charge in [-0.3, -0.25) is 4.79 Å². The molecule has 1 aromatic rings. The number of halogens is 1. The number of aliphatic hydroxyl groups is 1. The van der Waals surface area contributed by atoms with Crippen LogP contribution >= 0.6 is 12.4 Å². The van der Waals surface area contributed by atoms with Gasteiger partial charge in [-0.2, -0.15) is 0 Å². The average Bonchev–Trinajstić information content (AvgIpc) is 2.47. The van der Waals surface area contributed by atoms with E-state index in [1.54, 1.807) is 0 Å². The van der Waals surface area contributed by atoms with Crippen LogP contribution in [0.1, 0.15) is 44.6 Å². The van der Waals surface area contributed by atoms with Gasteiger partial charge < -0.3 is 15.1 Å². The maximum Gasteiger partial charge on any atom is 0.300 e. The summed E-state index contributed by atoms with van der Waals surface area (Å²) >= 11 is 0. The fraction of sp³-hybridized carbons (Fsp3) is 0.588. The van der Waals surface area contributed by atoms with Crippen molar-refractivity contribution in [2.45, 2.75) is 50.7 Å². The van der Waals surface area contributed by atoms with Crippen LogP contribution in [0.4, 0.5) is 0 Å². The number of nitrogens with zero attached hydrogens (tertiary/aromatic N) is 1. The highest BCUT2D eigenvalue weighted by molar-refractivity contribution is 5.85. The van der Waals surface area contributed by atoms with Crippen molar-refractivity contribution in [3.8, 4) is 0 Å². The SMILES string of the molecule is CC(=O)O.Cl.O[C@@]1(c2ccccc2)CCN2CCCC[C@@H]2C1. The molecular formula is C17H26ClNO3. The molecule has 0 bridgehead atoms. The van der Waals surface area contributed by atoms with Crippen molar-refractivity contribution in [1.82, 2.24) is 4.90 Å². The second kappa shape index (κ2) is 8.51. The van der Waals surface area contributed by atoms with Gasteiger partial charge in [0, 0.05) is 19.5 Å². The molecule has 2 aliphatic heterocycles. The Hall–Kier alpha value is -1.10. The molecule has 2 fully saturated rings. The normalized spacial score (nSPS) is 27.6. The van der Waals surface area contributed by atoms with Crippen molar-refractivity contribution < 1.29 is 15.0 Å². The van der Waals surface area contributed by atoms with E-state index in [0.29, 0.717) is 6.04 Å². The second-order valence-corrected chi connectivity index (χ2v) is 6.06. The Kier molecular flexibility index (Phi) is 7.33. The van der Waals surface area contributed by atoms with E-state index < -0.39 is 11.6 Å². The van der Waals surface area contributed by atoms with Crippen LogP contribution < -0.4 is 0 Å². The van der Waals surface area contributed by atoms with E-state index in [1.807, 2.05) is 18.2 Å². The van der Waals surface area contributed by atoms with Gasteiger partial charge in [-0.05, 0) is 37.8 Å². The predicted molar refractivity (Wildman–Crippen MR) is 89.3 cm³/mol. The molecule has 4 nitrogen and oxygen atoms in total. The van der Waals surface area contributed by atoms with Crippen LogP contribution in [0.3, 0.4) is 0 Å². The number of aliphatic carboxylic acids is 1. The number of hydrogen-bond donors (Lipinski definition) is 2.